The van der Waals surface area contributed by atoms with Crippen LogP contribution in [0.3, 0.4) is 0 Å². The lowest BCUT2D eigenvalue weighted by atomic mass is 10.1. The molecule has 2 rings (SSSR count). The number of hydrogen-bond acceptors (Lipinski definition) is 3. The van der Waals surface area contributed by atoms with E-state index in [4.69, 9.17) is 5.73 Å². The molecule has 1 aliphatic carbocycles. The third kappa shape index (κ3) is 5.05. The molecule has 21 heavy (non-hydrogen) atoms. The first kappa shape index (κ1) is 15.8. The Morgan fingerprint density at radius 2 is 2.10 bits per heavy atom. The van der Waals surface area contributed by atoms with Gasteiger partial charge in [-0.25, -0.2) is 0 Å². The quantitative estimate of drug-likeness (QED) is 0.791. The lowest BCUT2D eigenvalue weighted by Gasteiger charge is -2.20. The Labute approximate surface area is 127 Å². The van der Waals surface area contributed by atoms with Crippen molar-refractivity contribution < 1.29 is 4.79 Å². The van der Waals surface area contributed by atoms with Gasteiger partial charge >= 0.3 is 0 Å². The molecule has 116 valence electrons. The molecule has 0 aromatic heterocycles. The average molecular weight is 289 g/mol. The molecule has 1 saturated carbocycles. The normalized spacial score (nSPS) is 15.6. The predicted molar refractivity (Wildman–Crippen MR) is 88.3 cm³/mol. The Morgan fingerprint density at radius 1 is 1.38 bits per heavy atom. The Kier molecular flexibility index (Phi) is 5.62. The van der Waals surface area contributed by atoms with E-state index in [1.54, 1.807) is 0 Å². The van der Waals surface area contributed by atoms with Crippen LogP contribution in [-0.4, -0.2) is 30.9 Å². The molecular weight excluding hydrogens is 262 g/mol. The third-order valence-corrected chi connectivity index (χ3v) is 4.29. The van der Waals surface area contributed by atoms with Gasteiger partial charge < -0.3 is 16.0 Å². The number of carbonyl (C=O) groups is 1. The first-order valence-corrected chi connectivity index (χ1v) is 7.89. The minimum absolute atomic E-state index is 0.0705. The number of hydrogen-bond donors (Lipinski definition) is 2. The summed E-state index contributed by atoms with van der Waals surface area (Å²) < 4.78 is 0. The highest BCUT2D eigenvalue weighted by Gasteiger charge is 2.17. The number of aryl methyl sites for hydroxylation is 1. The van der Waals surface area contributed by atoms with Crippen LogP contribution in [-0.2, 0) is 4.79 Å². The van der Waals surface area contributed by atoms with Gasteiger partial charge in [-0.2, -0.15) is 0 Å². The molecular formula is C17H27N3O. The molecule has 0 unspecified atom stereocenters. The number of rotatable bonds is 6. The Hall–Kier alpha value is -1.55. The highest BCUT2D eigenvalue weighted by atomic mass is 16.1. The van der Waals surface area contributed by atoms with Crippen LogP contribution < -0.4 is 11.1 Å². The smallest absolute Gasteiger partial charge is 0.225 e. The van der Waals surface area contributed by atoms with Gasteiger partial charge in [0.15, 0.2) is 0 Å². The van der Waals surface area contributed by atoms with Crippen molar-refractivity contribution in [1.82, 2.24) is 4.90 Å². The molecule has 4 heteroatoms. The fourth-order valence-corrected chi connectivity index (χ4v) is 3.06. The topological polar surface area (TPSA) is 58.4 Å². The third-order valence-electron chi connectivity index (χ3n) is 4.29. The summed E-state index contributed by atoms with van der Waals surface area (Å²) in [5.74, 6) is 0.901. The SMILES string of the molecule is Cc1cc(N)ccc1NC(=O)CCN(C)CC1CCCC1. The average Bonchev–Trinajstić information content (AvgIpc) is 2.92. The molecule has 0 radical (unpaired) electrons. The molecule has 1 fully saturated rings. The zero-order chi connectivity index (χ0) is 15.2. The second kappa shape index (κ2) is 7.46. The lowest BCUT2D eigenvalue weighted by Crippen LogP contribution is -2.28. The summed E-state index contributed by atoms with van der Waals surface area (Å²) in [7, 11) is 2.11. The summed E-state index contributed by atoms with van der Waals surface area (Å²) in [5.41, 5.74) is 8.30. The summed E-state index contributed by atoms with van der Waals surface area (Å²) in [6.45, 7) is 3.89. The van der Waals surface area contributed by atoms with Crippen LogP contribution in [0.15, 0.2) is 18.2 Å². The van der Waals surface area contributed by atoms with Gasteiger partial charge in [0, 0.05) is 30.9 Å². The van der Waals surface area contributed by atoms with Crippen molar-refractivity contribution in [2.45, 2.75) is 39.0 Å². The zero-order valence-corrected chi connectivity index (χ0v) is 13.2. The van der Waals surface area contributed by atoms with Gasteiger partial charge in [-0.15, -0.1) is 0 Å². The van der Waals surface area contributed by atoms with Gasteiger partial charge in [-0.05, 0) is 56.5 Å². The van der Waals surface area contributed by atoms with Crippen LogP contribution >= 0.6 is 0 Å². The molecule has 1 aromatic carbocycles. The van der Waals surface area contributed by atoms with Crippen LogP contribution in [0.2, 0.25) is 0 Å². The summed E-state index contributed by atoms with van der Waals surface area (Å²) >= 11 is 0. The number of nitrogen functional groups attached to an aromatic ring is 1. The summed E-state index contributed by atoms with van der Waals surface area (Å²) in [5, 5.41) is 2.97. The molecule has 0 atom stereocenters. The number of nitrogens with one attached hydrogen (secondary N) is 1. The standard InChI is InChI=1S/C17H27N3O/c1-13-11-15(18)7-8-16(13)19-17(21)9-10-20(2)12-14-5-3-4-6-14/h7-8,11,14H,3-6,9-10,12,18H2,1-2H3,(H,19,21). The van der Waals surface area contributed by atoms with Gasteiger partial charge in [0.05, 0.1) is 0 Å². The molecule has 1 aliphatic rings. The fraction of sp³-hybridized carbons (Fsp3) is 0.588. The molecule has 0 spiro atoms. The highest BCUT2D eigenvalue weighted by molar-refractivity contribution is 5.91. The van der Waals surface area contributed by atoms with E-state index in [9.17, 15) is 4.79 Å². The van der Waals surface area contributed by atoms with E-state index >= 15 is 0 Å². The van der Waals surface area contributed by atoms with Crippen molar-refractivity contribution in [1.29, 1.82) is 0 Å². The second-order valence-corrected chi connectivity index (χ2v) is 6.29. The van der Waals surface area contributed by atoms with Crippen LogP contribution in [0.25, 0.3) is 0 Å². The van der Waals surface area contributed by atoms with Crippen molar-refractivity contribution >= 4 is 17.3 Å². The van der Waals surface area contributed by atoms with Gasteiger partial charge in [-0.3, -0.25) is 4.79 Å². The largest absolute Gasteiger partial charge is 0.399 e. The number of anilines is 2. The number of benzene rings is 1. The van der Waals surface area contributed by atoms with Gasteiger partial charge in [-0.1, -0.05) is 12.8 Å². The van der Waals surface area contributed by atoms with Crippen molar-refractivity contribution in [3.8, 4) is 0 Å². The number of nitrogens with zero attached hydrogens (tertiary/aromatic N) is 1. The predicted octanol–water partition coefficient (Wildman–Crippen LogP) is 3.03. The molecule has 0 heterocycles. The minimum atomic E-state index is 0.0705. The lowest BCUT2D eigenvalue weighted by molar-refractivity contribution is -0.116. The van der Waals surface area contributed by atoms with E-state index in [1.165, 1.54) is 25.7 Å². The van der Waals surface area contributed by atoms with Crippen LogP contribution in [0, 0.1) is 12.8 Å². The molecule has 0 saturated heterocycles. The number of amides is 1. The minimum Gasteiger partial charge on any atom is -0.399 e. The summed E-state index contributed by atoms with van der Waals surface area (Å²) in [6.07, 6.45) is 5.97. The number of nitrogens with two attached hydrogens (primary N) is 1. The highest BCUT2D eigenvalue weighted by Crippen LogP contribution is 2.25. The van der Waals surface area contributed by atoms with E-state index in [2.05, 4.69) is 17.3 Å². The van der Waals surface area contributed by atoms with E-state index < -0.39 is 0 Å². The Balaban J connectivity index is 1.73. The molecule has 0 aliphatic heterocycles. The van der Waals surface area contributed by atoms with Gasteiger partial charge in [0.2, 0.25) is 5.91 Å². The summed E-state index contributed by atoms with van der Waals surface area (Å²) in [6, 6.07) is 5.56. The fourth-order valence-electron chi connectivity index (χ4n) is 3.06. The first-order valence-electron chi connectivity index (χ1n) is 7.89. The monoisotopic (exact) mass is 289 g/mol. The maximum absolute atomic E-state index is 12.0. The maximum Gasteiger partial charge on any atom is 0.225 e. The Morgan fingerprint density at radius 3 is 2.76 bits per heavy atom. The van der Waals surface area contributed by atoms with Crippen LogP contribution in [0.5, 0.6) is 0 Å². The second-order valence-electron chi connectivity index (χ2n) is 6.29. The number of carbonyl (C=O) groups excluding carboxylic acids is 1. The van der Waals surface area contributed by atoms with Crippen LogP contribution in [0.4, 0.5) is 11.4 Å². The maximum atomic E-state index is 12.0. The van der Waals surface area contributed by atoms with Crippen molar-refractivity contribution in [2.75, 3.05) is 31.2 Å². The van der Waals surface area contributed by atoms with E-state index in [0.29, 0.717) is 6.42 Å². The van der Waals surface area contributed by atoms with E-state index in [0.717, 1.165) is 35.9 Å². The summed E-state index contributed by atoms with van der Waals surface area (Å²) in [4.78, 5) is 14.3. The van der Waals surface area contributed by atoms with Crippen molar-refractivity contribution in [3.05, 3.63) is 23.8 Å². The van der Waals surface area contributed by atoms with Gasteiger partial charge in [0.25, 0.3) is 0 Å². The van der Waals surface area contributed by atoms with Crippen LogP contribution in [0.1, 0.15) is 37.7 Å². The van der Waals surface area contributed by atoms with Crippen molar-refractivity contribution in [2.24, 2.45) is 5.92 Å². The molecule has 3 N–H and O–H groups in total. The van der Waals surface area contributed by atoms with E-state index in [1.807, 2.05) is 25.1 Å². The molecule has 0 bridgehead atoms. The van der Waals surface area contributed by atoms with E-state index in [-0.39, 0.29) is 5.91 Å². The zero-order valence-electron chi connectivity index (χ0n) is 13.2. The van der Waals surface area contributed by atoms with Gasteiger partial charge in [0.1, 0.15) is 0 Å². The molecule has 4 nitrogen and oxygen atoms in total. The molecule has 1 aromatic rings. The Bertz CT molecular complexity index is 481. The molecule has 1 amide bonds. The first-order chi connectivity index (χ1) is 10.0. The van der Waals surface area contributed by atoms with Crippen molar-refractivity contribution in [3.63, 3.8) is 0 Å².